The average Bonchev–Trinajstić information content (AvgIpc) is 1.27. The Kier molecular flexibility index (Phi) is 17.3. The van der Waals surface area contributed by atoms with E-state index in [-0.39, 0.29) is 0 Å². The van der Waals surface area contributed by atoms with Crippen LogP contribution in [0.3, 0.4) is 0 Å². The summed E-state index contributed by atoms with van der Waals surface area (Å²) in [6.45, 7) is 0. The molecule has 0 saturated heterocycles. The molecule has 52 valence electrons. The van der Waals surface area contributed by atoms with Crippen LogP contribution in [-0.4, -0.2) is 9.45 Å². The molecular formula is CH4BrI4NPb. The summed E-state index contributed by atoms with van der Waals surface area (Å²) in [7, 11) is 0. The number of rotatable bonds is 0. The van der Waals surface area contributed by atoms with Gasteiger partial charge in [0.1, 0.15) is 0 Å². The van der Waals surface area contributed by atoms with Crippen LogP contribution in [0, 0.1) is 0 Å². The Balaban J connectivity index is 0. The van der Waals surface area contributed by atoms with E-state index in [4.69, 9.17) is 5.73 Å². The molecule has 0 aliphatic heterocycles. The Morgan fingerprint density at radius 3 is 1.25 bits per heavy atom. The first-order valence-electron chi connectivity index (χ1n) is 1.43. The van der Waals surface area contributed by atoms with Crippen molar-refractivity contribution < 1.29 is 0 Å². The van der Waals surface area contributed by atoms with Crippen LogP contribution in [-0.2, 0) is 0 Å². The topological polar surface area (TPSA) is 26.0 Å². The molecule has 0 spiro atoms. The van der Waals surface area contributed by atoms with E-state index in [1.807, 2.05) is 0 Å². The molecule has 0 atom stereocenters. The van der Waals surface area contributed by atoms with Gasteiger partial charge in [0.05, 0.1) is 0 Å². The van der Waals surface area contributed by atoms with Crippen molar-refractivity contribution in [3.05, 3.63) is 0 Å². The molecule has 1 nitrogen and oxygen atoms in total. The molecule has 0 aliphatic rings. The molecule has 0 aliphatic carbocycles. The number of nitrogens with two attached hydrogens (primary N) is 1. The second-order valence-corrected chi connectivity index (χ2v) is 170. The summed E-state index contributed by atoms with van der Waals surface area (Å²) in [6.07, 6.45) is 0. The molecule has 2 N–H and O–H groups in total. The van der Waals surface area contributed by atoms with Crippen LogP contribution >= 0.6 is 87.0 Å². The van der Waals surface area contributed by atoms with Gasteiger partial charge in [0.2, 0.25) is 0 Å². The van der Waals surface area contributed by atoms with Gasteiger partial charge in [-0.3, -0.25) is 0 Å². The van der Waals surface area contributed by atoms with Crippen molar-refractivity contribution in [1.29, 1.82) is 0 Å². The van der Waals surface area contributed by atoms with E-state index in [2.05, 4.69) is 87.0 Å². The Morgan fingerprint density at radius 2 is 1.25 bits per heavy atom. The monoisotopic (exact) mass is 825 g/mol. The van der Waals surface area contributed by atoms with Crippen LogP contribution in [0.5, 0.6) is 0 Å². The molecule has 0 amide bonds. The van der Waals surface area contributed by atoms with Gasteiger partial charge in [-0.25, -0.2) is 0 Å². The Hall–Kier alpha value is 4.28. The van der Waals surface area contributed by atoms with E-state index < -0.39 is 4.00 Å². The molecule has 0 radical (unpaired) electrons. The fourth-order valence-electron chi connectivity index (χ4n) is 0. The zero-order valence-electron chi connectivity index (χ0n) is 3.67. The molecule has 0 unspecified atom stereocenters. The van der Waals surface area contributed by atoms with Crippen molar-refractivity contribution in [2.75, 3.05) is 5.45 Å². The standard InChI is InChI=1S/CH4BrN.4HI.Pb/c2-1-3;;;;;/h1,3H2;4*1H;/q;;;;;+4/p-4. The molecular weight excluding hydrogens is 821 g/mol. The van der Waals surface area contributed by atoms with Crippen LogP contribution in [0.2, 0.25) is 0 Å². The van der Waals surface area contributed by atoms with Crippen LogP contribution in [0.4, 0.5) is 0 Å². The van der Waals surface area contributed by atoms with E-state index in [0.717, 1.165) is 0 Å². The maximum absolute atomic E-state index is 4.76. The van der Waals surface area contributed by atoms with Gasteiger partial charge in [-0.1, -0.05) is 15.9 Å². The quantitative estimate of drug-likeness (QED) is 0.173. The molecule has 0 fully saturated rings. The molecule has 8 heavy (non-hydrogen) atoms. The maximum atomic E-state index is 4.76. The first-order valence-corrected chi connectivity index (χ1v) is 46.3. The van der Waals surface area contributed by atoms with Gasteiger partial charge in [0.15, 0.2) is 0 Å². The Morgan fingerprint density at radius 1 is 1.25 bits per heavy atom. The van der Waals surface area contributed by atoms with Gasteiger partial charge in [-0.05, 0) is 0 Å². The van der Waals surface area contributed by atoms with Crippen LogP contribution < -0.4 is 5.73 Å². The van der Waals surface area contributed by atoms with Crippen molar-refractivity contribution >= 4 is 91.0 Å². The molecule has 0 aromatic rings. The molecule has 7 heteroatoms. The van der Waals surface area contributed by atoms with E-state index in [9.17, 15) is 0 Å². The predicted molar refractivity (Wildman–Crippen MR) is 79.8 cm³/mol. The molecule has 0 aromatic heterocycles. The zero-order valence-corrected chi connectivity index (χ0v) is 17.8. The Labute approximate surface area is 98.6 Å². The van der Waals surface area contributed by atoms with Crippen molar-refractivity contribution in [1.82, 2.24) is 0 Å². The normalized spacial score (nSPS) is 9.75. The summed E-state index contributed by atoms with van der Waals surface area (Å²) in [6, 6.07) is 0. The minimum absolute atomic E-state index is 0.562. The molecule has 0 aromatic carbocycles. The summed E-state index contributed by atoms with van der Waals surface area (Å²) >= 11 is 13.2. The second kappa shape index (κ2) is 9.37. The van der Waals surface area contributed by atoms with E-state index >= 15 is 0 Å². The molecule has 0 heterocycles. The van der Waals surface area contributed by atoms with Gasteiger partial charge in [0.25, 0.3) is 0 Å². The summed E-state index contributed by atoms with van der Waals surface area (Å²) in [5, 5.41) is 0. The summed E-state index contributed by atoms with van der Waals surface area (Å²) in [5.74, 6) is 0. The van der Waals surface area contributed by atoms with Gasteiger partial charge in [0, 0.05) is 5.45 Å². The Bertz CT molecular complexity index is 39.8. The number of hydrogen-bond donors (Lipinski definition) is 1. The fourth-order valence-corrected chi connectivity index (χ4v) is 0. The van der Waals surface area contributed by atoms with E-state index in [1.54, 1.807) is 0 Å². The summed E-state index contributed by atoms with van der Waals surface area (Å²) in [4.78, 5) is 0. The summed E-state index contributed by atoms with van der Waals surface area (Å²) < 4.78 is -1.40. The van der Waals surface area contributed by atoms with Gasteiger partial charge in [-0.15, -0.1) is 0 Å². The second-order valence-electron chi connectivity index (χ2n) is 0.583. The van der Waals surface area contributed by atoms with E-state index in [1.165, 1.54) is 0 Å². The first kappa shape index (κ1) is 14.8. The van der Waals surface area contributed by atoms with Gasteiger partial charge >= 0.3 is 75.0 Å². The van der Waals surface area contributed by atoms with Gasteiger partial charge in [-0.2, -0.15) is 0 Å². The van der Waals surface area contributed by atoms with Crippen molar-refractivity contribution in [2.45, 2.75) is 0 Å². The van der Waals surface area contributed by atoms with Crippen molar-refractivity contribution in [3.63, 3.8) is 0 Å². The zero-order chi connectivity index (χ0) is 7.21. The third-order valence-corrected chi connectivity index (χ3v) is 0. The molecule has 0 rings (SSSR count). The molecule has 0 bridgehead atoms. The average molecular weight is 825 g/mol. The van der Waals surface area contributed by atoms with Crippen LogP contribution in [0.25, 0.3) is 0 Å². The fraction of sp³-hybridized carbons (Fsp3) is 1.00. The first-order chi connectivity index (χ1) is 3.41. The molecule has 0 saturated carbocycles. The van der Waals surface area contributed by atoms with Gasteiger partial charge < -0.3 is 5.73 Å². The van der Waals surface area contributed by atoms with E-state index in [0.29, 0.717) is 5.45 Å². The third-order valence-electron chi connectivity index (χ3n) is 0. The number of hydrogen-bond acceptors (Lipinski definition) is 1. The SMILES string of the molecule is NCBr.[I][Pb]([I])([I])[I]. The summed E-state index contributed by atoms with van der Waals surface area (Å²) in [5.41, 5.74) is 5.33. The third kappa shape index (κ3) is 48.3. The van der Waals surface area contributed by atoms with Crippen molar-refractivity contribution in [3.8, 4) is 0 Å². The van der Waals surface area contributed by atoms with Crippen LogP contribution in [0.15, 0.2) is 0 Å². The number of halogens is 5. The van der Waals surface area contributed by atoms with Crippen LogP contribution in [0.1, 0.15) is 0 Å². The minimum atomic E-state index is -1.40. The predicted octanol–water partition coefficient (Wildman–Crippen LogP) is 3.46. The number of alkyl halides is 1. The van der Waals surface area contributed by atoms with Crippen molar-refractivity contribution in [2.24, 2.45) is 5.73 Å².